The van der Waals surface area contributed by atoms with Gasteiger partial charge in [0.1, 0.15) is 5.76 Å². The lowest BCUT2D eigenvalue weighted by Gasteiger charge is -1.96. The molecule has 0 spiro atoms. The van der Waals surface area contributed by atoms with Gasteiger partial charge in [-0.25, -0.2) is 0 Å². The molecule has 2 unspecified atom stereocenters. The molecule has 2 heterocycles. The number of nitrogens with zero attached hydrogens (tertiary/aromatic N) is 1. The Labute approximate surface area is 65.2 Å². The highest BCUT2D eigenvalue weighted by Gasteiger charge is 2.33. The minimum Gasteiger partial charge on any atom is -0.468 e. The van der Waals surface area contributed by atoms with Gasteiger partial charge in [-0.05, 0) is 12.1 Å². The van der Waals surface area contributed by atoms with E-state index in [0.717, 1.165) is 18.8 Å². The van der Waals surface area contributed by atoms with Crippen LogP contribution in [-0.4, -0.2) is 29.2 Å². The molecule has 3 nitrogen and oxygen atoms in total. The predicted octanol–water partition coefficient (Wildman–Crippen LogP) is 0.456. The Bertz CT molecular complexity index is 220. The highest BCUT2D eigenvalue weighted by atomic mass is 16.3. The lowest BCUT2D eigenvalue weighted by molar-refractivity contribution is 0.267. The number of aliphatic hydroxyl groups is 1. The largest absolute Gasteiger partial charge is 0.468 e. The molecule has 1 saturated heterocycles. The Balaban J connectivity index is 1.85. The first kappa shape index (κ1) is 6.88. The third-order valence-corrected chi connectivity index (χ3v) is 1.98. The van der Waals surface area contributed by atoms with Gasteiger partial charge in [0.25, 0.3) is 0 Å². The van der Waals surface area contributed by atoms with Crippen LogP contribution < -0.4 is 0 Å². The van der Waals surface area contributed by atoms with Gasteiger partial charge in [0, 0.05) is 12.6 Å². The summed E-state index contributed by atoms with van der Waals surface area (Å²) in [6, 6.07) is 4.21. The zero-order valence-electron chi connectivity index (χ0n) is 6.23. The van der Waals surface area contributed by atoms with E-state index in [0.29, 0.717) is 6.04 Å². The molecule has 1 fully saturated rings. The number of aliphatic hydroxyl groups excluding tert-OH is 1. The lowest BCUT2D eigenvalue weighted by Crippen LogP contribution is -2.04. The first-order valence-electron chi connectivity index (χ1n) is 3.77. The molecule has 2 atom stereocenters. The van der Waals surface area contributed by atoms with Crippen LogP contribution in [0.2, 0.25) is 0 Å². The fourth-order valence-electron chi connectivity index (χ4n) is 1.19. The van der Waals surface area contributed by atoms with Gasteiger partial charge in [-0.3, -0.25) is 4.90 Å². The van der Waals surface area contributed by atoms with Crippen molar-refractivity contribution in [2.24, 2.45) is 0 Å². The molecule has 60 valence electrons. The van der Waals surface area contributed by atoms with Crippen molar-refractivity contribution in [3.05, 3.63) is 24.2 Å². The average molecular weight is 153 g/mol. The maximum Gasteiger partial charge on any atom is 0.117 e. The number of hydrogen-bond donors (Lipinski definition) is 1. The summed E-state index contributed by atoms with van der Waals surface area (Å²) in [4.78, 5) is 2.17. The van der Waals surface area contributed by atoms with Crippen molar-refractivity contribution in [3.8, 4) is 0 Å². The molecular formula is C8H11NO2. The molecule has 11 heavy (non-hydrogen) atoms. The zero-order chi connectivity index (χ0) is 7.68. The van der Waals surface area contributed by atoms with Crippen molar-refractivity contribution in [2.75, 3.05) is 13.2 Å². The summed E-state index contributed by atoms with van der Waals surface area (Å²) < 4.78 is 5.15. The maximum atomic E-state index is 8.73. The van der Waals surface area contributed by atoms with Crippen LogP contribution in [-0.2, 0) is 6.54 Å². The molecule has 0 amide bonds. The number of rotatable bonds is 3. The van der Waals surface area contributed by atoms with Crippen LogP contribution in [0.25, 0.3) is 0 Å². The van der Waals surface area contributed by atoms with Crippen LogP contribution in [0.5, 0.6) is 0 Å². The first-order chi connectivity index (χ1) is 5.40. The minimum atomic E-state index is 0.265. The van der Waals surface area contributed by atoms with E-state index in [4.69, 9.17) is 9.52 Å². The van der Waals surface area contributed by atoms with Gasteiger partial charge in [-0.1, -0.05) is 0 Å². The average Bonchev–Trinajstić information content (AvgIpc) is 2.54. The van der Waals surface area contributed by atoms with Crippen molar-refractivity contribution >= 4 is 0 Å². The fraction of sp³-hybridized carbons (Fsp3) is 0.500. The van der Waals surface area contributed by atoms with Gasteiger partial charge >= 0.3 is 0 Å². The molecule has 1 aromatic heterocycles. The molecule has 0 saturated carbocycles. The van der Waals surface area contributed by atoms with E-state index < -0.39 is 0 Å². The lowest BCUT2D eigenvalue weighted by atomic mass is 10.4. The van der Waals surface area contributed by atoms with Crippen molar-refractivity contribution in [3.63, 3.8) is 0 Å². The molecule has 0 aromatic carbocycles. The van der Waals surface area contributed by atoms with E-state index in [2.05, 4.69) is 4.90 Å². The van der Waals surface area contributed by atoms with Crippen molar-refractivity contribution < 1.29 is 9.52 Å². The van der Waals surface area contributed by atoms with E-state index in [-0.39, 0.29) is 6.61 Å². The van der Waals surface area contributed by atoms with Crippen LogP contribution >= 0.6 is 0 Å². The molecule has 0 bridgehead atoms. The van der Waals surface area contributed by atoms with Gasteiger partial charge in [-0.2, -0.15) is 0 Å². The van der Waals surface area contributed by atoms with Crippen molar-refractivity contribution in [2.45, 2.75) is 12.6 Å². The smallest absolute Gasteiger partial charge is 0.117 e. The minimum absolute atomic E-state index is 0.265. The van der Waals surface area contributed by atoms with Gasteiger partial charge in [0.15, 0.2) is 0 Å². The number of furan rings is 1. The van der Waals surface area contributed by atoms with Gasteiger partial charge in [0.05, 0.1) is 19.4 Å². The van der Waals surface area contributed by atoms with Crippen LogP contribution in [0, 0.1) is 0 Å². The standard InChI is InChI=1S/C8H11NO2/c10-6-7-4-9(7)5-8-2-1-3-11-8/h1-3,7,10H,4-6H2. The second-order valence-corrected chi connectivity index (χ2v) is 2.85. The second-order valence-electron chi connectivity index (χ2n) is 2.85. The van der Waals surface area contributed by atoms with E-state index in [1.54, 1.807) is 6.26 Å². The van der Waals surface area contributed by atoms with E-state index >= 15 is 0 Å². The van der Waals surface area contributed by atoms with E-state index in [1.807, 2.05) is 12.1 Å². The molecule has 1 aromatic rings. The van der Waals surface area contributed by atoms with Crippen LogP contribution in [0.1, 0.15) is 5.76 Å². The summed E-state index contributed by atoms with van der Waals surface area (Å²) in [5, 5.41) is 8.73. The monoisotopic (exact) mass is 153 g/mol. The predicted molar refractivity (Wildman–Crippen MR) is 40.0 cm³/mol. The molecule has 3 heteroatoms. The quantitative estimate of drug-likeness (QED) is 0.641. The highest BCUT2D eigenvalue weighted by Crippen LogP contribution is 2.19. The van der Waals surface area contributed by atoms with Crippen LogP contribution in [0.15, 0.2) is 22.8 Å². The molecule has 0 radical (unpaired) electrons. The summed E-state index contributed by atoms with van der Waals surface area (Å²) in [6.45, 7) is 2.09. The molecule has 1 aliphatic heterocycles. The molecule has 1 aliphatic rings. The Hall–Kier alpha value is -0.800. The molecule has 1 N–H and O–H groups in total. The Kier molecular flexibility index (Phi) is 1.68. The maximum absolute atomic E-state index is 8.73. The summed E-state index contributed by atoms with van der Waals surface area (Å²) in [7, 11) is 0. The third kappa shape index (κ3) is 1.44. The second kappa shape index (κ2) is 2.68. The summed E-state index contributed by atoms with van der Waals surface area (Å²) in [6.07, 6.45) is 1.67. The molecule has 0 aliphatic carbocycles. The Morgan fingerprint density at radius 2 is 2.64 bits per heavy atom. The van der Waals surface area contributed by atoms with Gasteiger partial charge in [0.2, 0.25) is 0 Å². The SMILES string of the molecule is OCC1CN1Cc1ccco1. The topological polar surface area (TPSA) is 36.4 Å². The zero-order valence-corrected chi connectivity index (χ0v) is 6.23. The molecular weight excluding hydrogens is 142 g/mol. The third-order valence-electron chi connectivity index (χ3n) is 1.98. The van der Waals surface area contributed by atoms with E-state index in [1.165, 1.54) is 0 Å². The van der Waals surface area contributed by atoms with Crippen LogP contribution in [0.4, 0.5) is 0 Å². The van der Waals surface area contributed by atoms with Crippen LogP contribution in [0.3, 0.4) is 0 Å². The fourth-order valence-corrected chi connectivity index (χ4v) is 1.19. The first-order valence-corrected chi connectivity index (χ1v) is 3.77. The van der Waals surface area contributed by atoms with E-state index in [9.17, 15) is 0 Å². The van der Waals surface area contributed by atoms with Gasteiger partial charge < -0.3 is 9.52 Å². The van der Waals surface area contributed by atoms with Gasteiger partial charge in [-0.15, -0.1) is 0 Å². The summed E-state index contributed by atoms with van der Waals surface area (Å²) >= 11 is 0. The number of hydrogen-bond acceptors (Lipinski definition) is 3. The molecule has 2 rings (SSSR count). The highest BCUT2D eigenvalue weighted by molar-refractivity contribution is 5.01. The Morgan fingerprint density at radius 3 is 3.18 bits per heavy atom. The summed E-state index contributed by atoms with van der Waals surface area (Å²) in [5.41, 5.74) is 0. The van der Waals surface area contributed by atoms with Crippen molar-refractivity contribution in [1.29, 1.82) is 0 Å². The summed E-state index contributed by atoms with van der Waals surface area (Å²) in [5.74, 6) is 0.973. The van der Waals surface area contributed by atoms with Crippen molar-refractivity contribution in [1.82, 2.24) is 4.90 Å². The Morgan fingerprint density at radius 1 is 1.73 bits per heavy atom. The normalized spacial score (nSPS) is 28.8.